The summed E-state index contributed by atoms with van der Waals surface area (Å²) in [6, 6.07) is 10.1. The lowest BCUT2D eigenvalue weighted by Gasteiger charge is -2.03. The minimum absolute atomic E-state index is 0.929. The van der Waals surface area contributed by atoms with Crippen molar-refractivity contribution in [3.05, 3.63) is 60.8 Å². The number of benzene rings is 1. The fraction of sp³-hybridized carbons (Fsp3) is 0. The molecule has 0 radical (unpaired) electrons. The third-order valence-electron chi connectivity index (χ3n) is 2.97. The number of fused-ring (bicyclic) bond motifs is 3. The van der Waals surface area contributed by atoms with Gasteiger partial charge < -0.3 is 0 Å². The summed E-state index contributed by atoms with van der Waals surface area (Å²) >= 11 is 0. The first-order valence-corrected chi connectivity index (χ1v) is 5.50. The summed E-state index contributed by atoms with van der Waals surface area (Å²) in [5.74, 6) is 0. The number of hydrogen-bond donors (Lipinski definition) is 0. The van der Waals surface area contributed by atoms with E-state index in [1.165, 1.54) is 0 Å². The summed E-state index contributed by atoms with van der Waals surface area (Å²) in [7, 11) is 0. The normalized spacial score (nSPS) is 10.8. The van der Waals surface area contributed by atoms with E-state index in [2.05, 4.69) is 28.6 Å². The molecule has 0 aliphatic carbocycles. The Kier molecular flexibility index (Phi) is 2.08. The number of pyridine rings is 1. The smallest absolute Gasteiger partial charge is 0.145 e. The van der Waals surface area contributed by atoms with E-state index in [0.717, 1.165) is 27.8 Å². The Hall–Kier alpha value is -2.35. The Morgan fingerprint density at radius 2 is 1.88 bits per heavy atom. The molecule has 2 aromatic heterocycles. The molecule has 0 aliphatic heterocycles. The van der Waals surface area contributed by atoms with Crippen molar-refractivity contribution in [3.63, 3.8) is 0 Å². The molecule has 0 bridgehead atoms. The summed E-state index contributed by atoms with van der Waals surface area (Å²) < 4.78 is 2.08. The number of imidazole rings is 1. The summed E-state index contributed by atoms with van der Waals surface area (Å²) in [6.45, 7) is 7.67. The molecule has 3 rings (SSSR count). The number of nitrogens with zero attached hydrogens (tertiary/aromatic N) is 2. The molecule has 2 heterocycles. The van der Waals surface area contributed by atoms with Gasteiger partial charge in [0.25, 0.3) is 0 Å². The van der Waals surface area contributed by atoms with E-state index in [9.17, 15) is 0 Å². The molecule has 0 fully saturated rings. The van der Waals surface area contributed by atoms with Crippen LogP contribution in [0.1, 0.15) is 11.1 Å². The second kappa shape index (κ2) is 3.59. The van der Waals surface area contributed by atoms with Crippen LogP contribution in [0.5, 0.6) is 0 Å². The highest BCUT2D eigenvalue weighted by atomic mass is 15.0. The summed E-state index contributed by atoms with van der Waals surface area (Å²) in [5, 5.41) is 0. The second-order valence-electron chi connectivity index (χ2n) is 3.89. The topological polar surface area (TPSA) is 17.3 Å². The maximum Gasteiger partial charge on any atom is 0.145 e. The highest BCUT2D eigenvalue weighted by Crippen LogP contribution is 2.23. The molecule has 0 unspecified atom stereocenters. The van der Waals surface area contributed by atoms with Gasteiger partial charge in [0.05, 0.1) is 11.0 Å². The summed E-state index contributed by atoms with van der Waals surface area (Å²) in [5.41, 5.74) is 5.12. The van der Waals surface area contributed by atoms with E-state index in [1.807, 2.05) is 42.6 Å². The zero-order chi connectivity index (χ0) is 11.8. The predicted molar refractivity (Wildman–Crippen MR) is 72.9 cm³/mol. The van der Waals surface area contributed by atoms with E-state index in [-0.39, 0.29) is 0 Å². The van der Waals surface area contributed by atoms with Gasteiger partial charge in [0.15, 0.2) is 0 Å². The Morgan fingerprint density at radius 3 is 2.65 bits per heavy atom. The molecule has 82 valence electrons. The zero-order valence-corrected chi connectivity index (χ0v) is 9.43. The van der Waals surface area contributed by atoms with Gasteiger partial charge in [0.2, 0.25) is 0 Å². The van der Waals surface area contributed by atoms with Crippen LogP contribution in [0.3, 0.4) is 0 Å². The molecule has 0 atom stereocenters. The van der Waals surface area contributed by atoms with Crippen molar-refractivity contribution in [1.82, 2.24) is 9.38 Å². The van der Waals surface area contributed by atoms with Crippen molar-refractivity contribution in [2.24, 2.45) is 0 Å². The summed E-state index contributed by atoms with van der Waals surface area (Å²) in [4.78, 5) is 4.64. The predicted octanol–water partition coefficient (Wildman–Crippen LogP) is 3.77. The van der Waals surface area contributed by atoms with E-state index >= 15 is 0 Å². The molecule has 1 aromatic carbocycles. The average molecular weight is 220 g/mol. The average Bonchev–Trinajstić information content (AvgIpc) is 2.75. The van der Waals surface area contributed by atoms with Crippen molar-refractivity contribution in [3.8, 4) is 0 Å². The van der Waals surface area contributed by atoms with Crippen LogP contribution in [0.2, 0.25) is 0 Å². The maximum absolute atomic E-state index is 4.64. The van der Waals surface area contributed by atoms with Gasteiger partial charge in [-0.05, 0) is 23.8 Å². The fourth-order valence-corrected chi connectivity index (χ4v) is 2.15. The first-order valence-electron chi connectivity index (χ1n) is 5.50. The largest absolute Gasteiger partial charge is 0.299 e. The molecule has 0 amide bonds. The lowest BCUT2D eigenvalue weighted by atomic mass is 10.1. The SMILES string of the molecule is C=Cc1ccn2c(nc3ccccc32)c1C=C. The van der Waals surface area contributed by atoms with Crippen LogP contribution in [0, 0.1) is 0 Å². The first-order chi connectivity index (χ1) is 8.35. The van der Waals surface area contributed by atoms with Crippen molar-refractivity contribution >= 4 is 28.8 Å². The number of hydrogen-bond acceptors (Lipinski definition) is 1. The zero-order valence-electron chi connectivity index (χ0n) is 9.43. The first kappa shape index (κ1) is 9.85. The molecular formula is C15H12N2. The van der Waals surface area contributed by atoms with Gasteiger partial charge in [-0.25, -0.2) is 4.98 Å². The lowest BCUT2D eigenvalue weighted by molar-refractivity contribution is 1.22. The molecule has 17 heavy (non-hydrogen) atoms. The van der Waals surface area contributed by atoms with Gasteiger partial charge in [-0.1, -0.05) is 37.4 Å². The van der Waals surface area contributed by atoms with Gasteiger partial charge in [-0.15, -0.1) is 0 Å². The minimum atomic E-state index is 0.929. The number of rotatable bonds is 2. The molecular weight excluding hydrogens is 208 g/mol. The summed E-state index contributed by atoms with van der Waals surface area (Å²) in [6.07, 6.45) is 5.68. The number of aromatic nitrogens is 2. The molecule has 3 aromatic rings. The van der Waals surface area contributed by atoms with Gasteiger partial charge in [0, 0.05) is 11.8 Å². The van der Waals surface area contributed by atoms with Gasteiger partial charge in [-0.3, -0.25) is 4.40 Å². The molecule has 0 saturated heterocycles. The Morgan fingerprint density at radius 1 is 1.06 bits per heavy atom. The molecule has 2 heteroatoms. The van der Waals surface area contributed by atoms with Crippen LogP contribution in [0.15, 0.2) is 49.7 Å². The van der Waals surface area contributed by atoms with Gasteiger partial charge in [-0.2, -0.15) is 0 Å². The van der Waals surface area contributed by atoms with Gasteiger partial charge in [0.1, 0.15) is 5.65 Å². The van der Waals surface area contributed by atoms with Crippen molar-refractivity contribution < 1.29 is 0 Å². The van der Waals surface area contributed by atoms with Crippen molar-refractivity contribution in [2.45, 2.75) is 0 Å². The second-order valence-corrected chi connectivity index (χ2v) is 3.89. The maximum atomic E-state index is 4.64. The monoisotopic (exact) mass is 220 g/mol. The molecule has 0 aliphatic rings. The highest BCUT2D eigenvalue weighted by molar-refractivity contribution is 5.85. The van der Waals surface area contributed by atoms with Crippen LogP contribution in [0.4, 0.5) is 0 Å². The Bertz CT molecular complexity index is 735. The standard InChI is InChI=1S/C15H12N2/c1-3-11-9-10-17-14-8-6-5-7-13(14)16-15(17)12(11)4-2/h3-10H,1-2H2. The fourth-order valence-electron chi connectivity index (χ4n) is 2.15. The molecule has 0 N–H and O–H groups in total. The third-order valence-corrected chi connectivity index (χ3v) is 2.97. The van der Waals surface area contributed by atoms with Crippen LogP contribution in [-0.2, 0) is 0 Å². The van der Waals surface area contributed by atoms with Crippen molar-refractivity contribution in [2.75, 3.05) is 0 Å². The van der Waals surface area contributed by atoms with E-state index in [0.29, 0.717) is 0 Å². The Balaban J connectivity index is 2.55. The van der Waals surface area contributed by atoms with E-state index < -0.39 is 0 Å². The van der Waals surface area contributed by atoms with Gasteiger partial charge >= 0.3 is 0 Å². The quantitative estimate of drug-likeness (QED) is 0.642. The van der Waals surface area contributed by atoms with E-state index in [4.69, 9.17) is 0 Å². The third kappa shape index (κ3) is 1.31. The van der Waals surface area contributed by atoms with Crippen molar-refractivity contribution in [1.29, 1.82) is 0 Å². The van der Waals surface area contributed by atoms with Crippen LogP contribution in [-0.4, -0.2) is 9.38 Å². The van der Waals surface area contributed by atoms with E-state index in [1.54, 1.807) is 0 Å². The molecule has 0 saturated carbocycles. The van der Waals surface area contributed by atoms with Crippen LogP contribution < -0.4 is 0 Å². The Labute approximate surface area is 99.5 Å². The lowest BCUT2D eigenvalue weighted by Crippen LogP contribution is -1.90. The minimum Gasteiger partial charge on any atom is -0.299 e. The number of para-hydroxylation sites is 2. The van der Waals surface area contributed by atoms with Crippen LogP contribution in [0.25, 0.3) is 28.8 Å². The highest BCUT2D eigenvalue weighted by Gasteiger charge is 2.08. The van der Waals surface area contributed by atoms with Crippen LogP contribution >= 0.6 is 0 Å². The molecule has 0 spiro atoms. The molecule has 2 nitrogen and oxygen atoms in total.